The minimum Gasteiger partial charge on any atom is -0.454 e. The molecular formula is C17H19N3O4. The van der Waals surface area contributed by atoms with Gasteiger partial charge in [-0.2, -0.15) is 5.26 Å². The molecule has 2 aliphatic rings. The maximum absolute atomic E-state index is 12.4. The molecule has 7 heteroatoms. The molecule has 1 amide bonds. The number of aldehydes is 1. The van der Waals surface area contributed by atoms with E-state index in [1.54, 1.807) is 6.92 Å². The smallest absolute Gasteiger partial charge is 0.237 e. The van der Waals surface area contributed by atoms with Crippen LogP contribution in [-0.4, -0.2) is 43.0 Å². The average Bonchev–Trinajstić information content (AvgIpc) is 3.17. The normalized spacial score (nSPS) is 26.6. The number of hydrogen-bond acceptors (Lipinski definition) is 6. The van der Waals surface area contributed by atoms with E-state index < -0.39 is 12.1 Å². The summed E-state index contributed by atoms with van der Waals surface area (Å²) in [7, 11) is 1.82. The Morgan fingerprint density at radius 3 is 2.92 bits per heavy atom. The van der Waals surface area contributed by atoms with Gasteiger partial charge < -0.3 is 19.6 Å². The van der Waals surface area contributed by atoms with Gasteiger partial charge in [-0.1, -0.05) is 6.07 Å². The van der Waals surface area contributed by atoms with Gasteiger partial charge in [-0.15, -0.1) is 0 Å². The van der Waals surface area contributed by atoms with Gasteiger partial charge in [0.15, 0.2) is 11.5 Å². The number of nitrogens with zero attached hydrogens (tertiary/aromatic N) is 2. The largest absolute Gasteiger partial charge is 0.454 e. The number of nitrogens with one attached hydrogen (secondary N) is 1. The molecule has 0 saturated carbocycles. The van der Waals surface area contributed by atoms with Crippen molar-refractivity contribution in [3.8, 4) is 17.6 Å². The van der Waals surface area contributed by atoms with Gasteiger partial charge in [0.1, 0.15) is 6.29 Å². The zero-order valence-electron chi connectivity index (χ0n) is 13.6. The summed E-state index contributed by atoms with van der Waals surface area (Å²) >= 11 is 0. The monoisotopic (exact) mass is 329 g/mol. The van der Waals surface area contributed by atoms with Gasteiger partial charge in [0.2, 0.25) is 12.7 Å². The van der Waals surface area contributed by atoms with Crippen LogP contribution < -0.4 is 14.8 Å². The molecule has 0 radical (unpaired) electrons. The van der Waals surface area contributed by atoms with Crippen molar-refractivity contribution < 1.29 is 19.1 Å². The van der Waals surface area contributed by atoms with E-state index in [9.17, 15) is 14.9 Å². The van der Waals surface area contributed by atoms with E-state index in [-0.39, 0.29) is 24.7 Å². The summed E-state index contributed by atoms with van der Waals surface area (Å²) in [6, 6.07) is 6.67. The predicted octanol–water partition coefficient (Wildman–Crippen LogP) is 1.00. The summed E-state index contributed by atoms with van der Waals surface area (Å²) in [5.41, 5.74) is 0.909. The van der Waals surface area contributed by atoms with Crippen LogP contribution in [0, 0.1) is 17.2 Å². The molecule has 4 unspecified atom stereocenters. The van der Waals surface area contributed by atoms with Crippen molar-refractivity contribution in [2.75, 3.05) is 13.8 Å². The van der Waals surface area contributed by atoms with E-state index in [4.69, 9.17) is 9.47 Å². The van der Waals surface area contributed by atoms with E-state index in [0.717, 1.165) is 5.56 Å². The van der Waals surface area contributed by atoms with Crippen LogP contribution in [0.15, 0.2) is 18.2 Å². The molecule has 2 heterocycles. The molecule has 1 N–H and O–H groups in total. The van der Waals surface area contributed by atoms with E-state index >= 15 is 0 Å². The standard InChI is InChI=1S/C17H19N3O4/c1-10(8-21)19-17(22)13-5-12(7-18)16(20(13)2)11-3-4-14-15(6-11)24-9-23-14/h3-4,6,8,10,12-13,16H,5,9H2,1-2H3,(H,19,22). The van der Waals surface area contributed by atoms with Gasteiger partial charge in [-0.25, -0.2) is 0 Å². The predicted molar refractivity (Wildman–Crippen MR) is 84.2 cm³/mol. The van der Waals surface area contributed by atoms with Gasteiger partial charge in [-0.05, 0) is 38.1 Å². The number of ether oxygens (including phenoxy) is 2. The number of carbonyl (C=O) groups excluding carboxylic acids is 2. The number of likely N-dealkylation sites (N-methyl/N-ethyl adjacent to an activating group) is 1. The van der Waals surface area contributed by atoms with Crippen LogP contribution in [0.25, 0.3) is 0 Å². The number of likely N-dealkylation sites (tertiary alicyclic amines) is 1. The molecule has 1 fully saturated rings. The number of hydrogen-bond donors (Lipinski definition) is 1. The van der Waals surface area contributed by atoms with Crippen molar-refractivity contribution in [2.24, 2.45) is 5.92 Å². The van der Waals surface area contributed by atoms with Crippen LogP contribution in [0.3, 0.4) is 0 Å². The number of rotatable bonds is 4. The van der Waals surface area contributed by atoms with E-state index in [1.807, 2.05) is 30.1 Å². The fourth-order valence-corrected chi connectivity index (χ4v) is 3.35. The van der Waals surface area contributed by atoms with Gasteiger partial charge in [0, 0.05) is 0 Å². The molecule has 3 rings (SSSR count). The Labute approximate surface area is 140 Å². The summed E-state index contributed by atoms with van der Waals surface area (Å²) in [4.78, 5) is 25.0. The number of carbonyl (C=O) groups is 2. The highest BCUT2D eigenvalue weighted by molar-refractivity contribution is 5.84. The second-order valence-electron chi connectivity index (χ2n) is 6.14. The first kappa shape index (κ1) is 16.3. The van der Waals surface area contributed by atoms with Crippen LogP contribution in [0.2, 0.25) is 0 Å². The molecule has 7 nitrogen and oxygen atoms in total. The third-order valence-electron chi connectivity index (χ3n) is 4.57. The molecule has 0 bridgehead atoms. The zero-order valence-corrected chi connectivity index (χ0v) is 13.6. The van der Waals surface area contributed by atoms with Crippen LogP contribution in [0.5, 0.6) is 11.5 Å². The van der Waals surface area contributed by atoms with Crippen molar-refractivity contribution in [2.45, 2.75) is 31.5 Å². The van der Waals surface area contributed by atoms with Crippen molar-refractivity contribution in [1.82, 2.24) is 10.2 Å². The number of benzene rings is 1. The minimum absolute atomic E-state index is 0.190. The highest BCUT2D eigenvalue weighted by atomic mass is 16.7. The lowest BCUT2D eigenvalue weighted by atomic mass is 9.94. The van der Waals surface area contributed by atoms with Gasteiger partial charge in [0.05, 0.1) is 30.1 Å². The van der Waals surface area contributed by atoms with Crippen molar-refractivity contribution in [3.05, 3.63) is 23.8 Å². The summed E-state index contributed by atoms with van der Waals surface area (Å²) in [6.45, 7) is 1.81. The molecule has 1 saturated heterocycles. The first-order valence-electron chi connectivity index (χ1n) is 7.82. The number of amides is 1. The first-order chi connectivity index (χ1) is 11.5. The second kappa shape index (κ2) is 6.49. The molecule has 1 aromatic carbocycles. The Morgan fingerprint density at radius 2 is 2.21 bits per heavy atom. The molecule has 24 heavy (non-hydrogen) atoms. The highest BCUT2D eigenvalue weighted by Crippen LogP contribution is 2.43. The van der Waals surface area contributed by atoms with Crippen molar-refractivity contribution in [1.29, 1.82) is 5.26 Å². The minimum atomic E-state index is -0.545. The number of nitriles is 1. The van der Waals surface area contributed by atoms with Crippen LogP contribution in [0.1, 0.15) is 24.9 Å². The zero-order chi connectivity index (χ0) is 17.3. The quantitative estimate of drug-likeness (QED) is 0.829. The summed E-state index contributed by atoms with van der Waals surface area (Å²) in [6.07, 6.45) is 1.10. The Bertz CT molecular complexity index is 700. The fourth-order valence-electron chi connectivity index (χ4n) is 3.35. The molecule has 0 aliphatic carbocycles. The maximum atomic E-state index is 12.4. The first-order valence-corrected chi connectivity index (χ1v) is 7.82. The lowest BCUT2D eigenvalue weighted by molar-refractivity contribution is -0.127. The van der Waals surface area contributed by atoms with Crippen LogP contribution >= 0.6 is 0 Å². The van der Waals surface area contributed by atoms with Gasteiger partial charge in [0.25, 0.3) is 0 Å². The van der Waals surface area contributed by atoms with E-state index in [2.05, 4.69) is 11.4 Å². The topological polar surface area (TPSA) is 91.7 Å². The molecule has 0 aromatic heterocycles. The second-order valence-corrected chi connectivity index (χ2v) is 6.14. The Kier molecular flexibility index (Phi) is 4.40. The molecule has 2 aliphatic heterocycles. The van der Waals surface area contributed by atoms with Crippen LogP contribution in [0.4, 0.5) is 0 Å². The number of fused-ring (bicyclic) bond motifs is 1. The van der Waals surface area contributed by atoms with Crippen molar-refractivity contribution in [3.63, 3.8) is 0 Å². The molecule has 0 spiro atoms. The SMILES string of the molecule is CC(C=O)NC(=O)C1CC(C#N)C(c2ccc3c(c2)OCO3)N1C. The van der Waals surface area contributed by atoms with Gasteiger partial charge in [-0.3, -0.25) is 9.69 Å². The lowest BCUT2D eigenvalue weighted by Gasteiger charge is -2.26. The molecule has 4 atom stereocenters. The van der Waals surface area contributed by atoms with Gasteiger partial charge >= 0.3 is 0 Å². The Balaban J connectivity index is 1.84. The maximum Gasteiger partial charge on any atom is 0.237 e. The van der Waals surface area contributed by atoms with E-state index in [1.165, 1.54) is 0 Å². The average molecular weight is 329 g/mol. The van der Waals surface area contributed by atoms with Crippen LogP contribution in [-0.2, 0) is 9.59 Å². The summed E-state index contributed by atoms with van der Waals surface area (Å²) < 4.78 is 10.7. The summed E-state index contributed by atoms with van der Waals surface area (Å²) in [5.74, 6) is 0.778. The Morgan fingerprint density at radius 1 is 1.46 bits per heavy atom. The molecule has 1 aromatic rings. The molecule has 126 valence electrons. The highest BCUT2D eigenvalue weighted by Gasteiger charge is 2.43. The summed E-state index contributed by atoms with van der Waals surface area (Å²) in [5, 5.41) is 12.2. The fraction of sp³-hybridized carbons (Fsp3) is 0.471. The van der Waals surface area contributed by atoms with Crippen molar-refractivity contribution >= 4 is 12.2 Å². The lowest BCUT2D eigenvalue weighted by Crippen LogP contribution is -2.45. The molecular weight excluding hydrogens is 310 g/mol. The third-order valence-corrected chi connectivity index (χ3v) is 4.57. The third kappa shape index (κ3) is 2.81. The van der Waals surface area contributed by atoms with E-state index in [0.29, 0.717) is 24.2 Å². The Hall–Kier alpha value is -2.59.